The summed E-state index contributed by atoms with van der Waals surface area (Å²) in [6, 6.07) is 6.04. The average Bonchev–Trinajstić information content (AvgIpc) is 2.81. The van der Waals surface area contributed by atoms with Gasteiger partial charge in [-0.05, 0) is 37.6 Å². The number of carbonyl (C=O) groups is 1. The highest BCUT2D eigenvalue weighted by atomic mass is 19.3. The molecule has 0 saturated carbocycles. The Kier molecular flexibility index (Phi) is 4.77. The van der Waals surface area contributed by atoms with Crippen molar-refractivity contribution in [3.8, 4) is 5.75 Å². The standard InChI is InChI=1S/C15H20F2N2O2/c1-3-10(2)21-12-6-4-11(5-7-12)19-14(20)13-8-15(16,17)9-18-13/h4-7,10,13,18H,3,8-9H2,1-2H3,(H,19,20). The zero-order valence-corrected chi connectivity index (χ0v) is 12.2. The van der Waals surface area contributed by atoms with Gasteiger partial charge in [0.15, 0.2) is 0 Å². The van der Waals surface area contributed by atoms with Gasteiger partial charge in [-0.1, -0.05) is 6.92 Å². The molecule has 116 valence electrons. The molecule has 6 heteroatoms. The molecule has 0 aromatic heterocycles. The van der Waals surface area contributed by atoms with Crippen LogP contribution < -0.4 is 15.4 Å². The zero-order valence-electron chi connectivity index (χ0n) is 12.2. The first-order valence-corrected chi connectivity index (χ1v) is 7.08. The predicted molar refractivity (Wildman–Crippen MR) is 76.8 cm³/mol. The van der Waals surface area contributed by atoms with Crippen LogP contribution in [-0.2, 0) is 4.79 Å². The van der Waals surface area contributed by atoms with Crippen LogP contribution in [0.25, 0.3) is 0 Å². The number of hydrogen-bond acceptors (Lipinski definition) is 3. The van der Waals surface area contributed by atoms with Crippen LogP contribution in [0.5, 0.6) is 5.75 Å². The van der Waals surface area contributed by atoms with Crippen molar-refractivity contribution in [3.05, 3.63) is 24.3 Å². The lowest BCUT2D eigenvalue weighted by molar-refractivity contribution is -0.118. The first-order chi connectivity index (χ1) is 9.89. The molecule has 1 fully saturated rings. The van der Waals surface area contributed by atoms with Crippen LogP contribution in [0.3, 0.4) is 0 Å². The molecule has 4 nitrogen and oxygen atoms in total. The largest absolute Gasteiger partial charge is 0.491 e. The van der Waals surface area contributed by atoms with Crippen LogP contribution in [0, 0.1) is 0 Å². The second-order valence-corrected chi connectivity index (χ2v) is 5.34. The molecule has 1 aromatic rings. The number of ether oxygens (including phenoxy) is 1. The molecule has 1 aliphatic heterocycles. The van der Waals surface area contributed by atoms with Crippen molar-refractivity contribution in [2.75, 3.05) is 11.9 Å². The summed E-state index contributed by atoms with van der Waals surface area (Å²) in [5, 5.41) is 5.15. The predicted octanol–water partition coefficient (Wildman–Crippen LogP) is 2.80. The SMILES string of the molecule is CCC(C)Oc1ccc(NC(=O)C2CC(F)(F)CN2)cc1. The first kappa shape index (κ1) is 15.7. The van der Waals surface area contributed by atoms with Crippen molar-refractivity contribution in [1.82, 2.24) is 5.32 Å². The molecule has 1 aromatic carbocycles. The van der Waals surface area contributed by atoms with Crippen molar-refractivity contribution in [1.29, 1.82) is 0 Å². The second kappa shape index (κ2) is 6.39. The zero-order chi connectivity index (χ0) is 15.5. The molecule has 1 aliphatic rings. The summed E-state index contributed by atoms with van der Waals surface area (Å²) in [5.41, 5.74) is 0.563. The van der Waals surface area contributed by atoms with Gasteiger partial charge in [0.1, 0.15) is 5.75 Å². The van der Waals surface area contributed by atoms with Gasteiger partial charge in [0, 0.05) is 12.1 Å². The summed E-state index contributed by atoms with van der Waals surface area (Å²) < 4.78 is 31.7. The maximum Gasteiger partial charge on any atom is 0.262 e. The van der Waals surface area contributed by atoms with Gasteiger partial charge in [0.05, 0.1) is 18.7 Å². The minimum absolute atomic E-state index is 0.121. The molecule has 21 heavy (non-hydrogen) atoms. The van der Waals surface area contributed by atoms with Crippen LogP contribution in [0.1, 0.15) is 26.7 Å². The highest BCUT2D eigenvalue weighted by Gasteiger charge is 2.42. The van der Waals surface area contributed by atoms with E-state index in [0.29, 0.717) is 11.4 Å². The minimum atomic E-state index is -2.81. The van der Waals surface area contributed by atoms with Gasteiger partial charge in [-0.15, -0.1) is 0 Å². The van der Waals surface area contributed by atoms with Crippen molar-refractivity contribution >= 4 is 11.6 Å². The van der Waals surface area contributed by atoms with Gasteiger partial charge in [0.2, 0.25) is 5.91 Å². The van der Waals surface area contributed by atoms with Gasteiger partial charge in [-0.25, -0.2) is 8.78 Å². The van der Waals surface area contributed by atoms with Crippen LogP contribution in [0.15, 0.2) is 24.3 Å². The van der Waals surface area contributed by atoms with E-state index in [9.17, 15) is 13.6 Å². The fourth-order valence-corrected chi connectivity index (χ4v) is 2.06. The van der Waals surface area contributed by atoms with Crippen molar-refractivity contribution in [3.63, 3.8) is 0 Å². The summed E-state index contributed by atoms with van der Waals surface area (Å²) in [6.45, 7) is 3.55. The van der Waals surface area contributed by atoms with E-state index in [1.54, 1.807) is 24.3 Å². The molecule has 1 heterocycles. The number of halogens is 2. The molecule has 2 rings (SSSR count). The Morgan fingerprint density at radius 3 is 2.67 bits per heavy atom. The Hall–Kier alpha value is -1.69. The van der Waals surface area contributed by atoms with E-state index < -0.39 is 30.8 Å². The van der Waals surface area contributed by atoms with Crippen LogP contribution in [0.2, 0.25) is 0 Å². The lowest BCUT2D eigenvalue weighted by Gasteiger charge is -2.14. The third-order valence-corrected chi connectivity index (χ3v) is 3.46. The molecule has 0 bridgehead atoms. The van der Waals surface area contributed by atoms with Crippen molar-refractivity contribution in [2.24, 2.45) is 0 Å². The molecule has 1 amide bonds. The monoisotopic (exact) mass is 298 g/mol. The summed E-state index contributed by atoms with van der Waals surface area (Å²) >= 11 is 0. The van der Waals surface area contributed by atoms with E-state index in [-0.39, 0.29) is 6.10 Å². The van der Waals surface area contributed by atoms with Gasteiger partial charge < -0.3 is 10.1 Å². The molecular weight excluding hydrogens is 278 g/mol. The van der Waals surface area contributed by atoms with Crippen LogP contribution >= 0.6 is 0 Å². The number of alkyl halides is 2. The van der Waals surface area contributed by atoms with Crippen molar-refractivity contribution < 1.29 is 18.3 Å². The maximum absolute atomic E-state index is 13.0. The Balaban J connectivity index is 1.90. The van der Waals surface area contributed by atoms with Gasteiger partial charge in [-0.3, -0.25) is 10.1 Å². The number of amides is 1. The summed E-state index contributed by atoms with van der Waals surface area (Å²) in [6.07, 6.45) is 0.559. The Bertz CT molecular complexity index is 491. The summed E-state index contributed by atoms with van der Waals surface area (Å²) in [4.78, 5) is 11.9. The van der Waals surface area contributed by atoms with Crippen molar-refractivity contribution in [2.45, 2.75) is 44.8 Å². The highest BCUT2D eigenvalue weighted by molar-refractivity contribution is 5.95. The molecule has 0 spiro atoms. The van der Waals surface area contributed by atoms with Gasteiger partial charge >= 0.3 is 0 Å². The number of nitrogens with one attached hydrogen (secondary N) is 2. The highest BCUT2D eigenvalue weighted by Crippen LogP contribution is 2.26. The lowest BCUT2D eigenvalue weighted by Crippen LogP contribution is -2.35. The smallest absolute Gasteiger partial charge is 0.262 e. The Labute approximate surface area is 122 Å². The average molecular weight is 298 g/mol. The number of benzene rings is 1. The van der Waals surface area contributed by atoms with Crippen LogP contribution in [-0.4, -0.2) is 30.5 Å². The first-order valence-electron chi connectivity index (χ1n) is 7.08. The normalized spacial score (nSPS) is 21.8. The molecule has 2 N–H and O–H groups in total. The van der Waals surface area contributed by atoms with Gasteiger partial charge in [0.25, 0.3) is 5.92 Å². The number of rotatable bonds is 5. The van der Waals surface area contributed by atoms with E-state index in [1.165, 1.54) is 0 Å². The fourth-order valence-electron chi connectivity index (χ4n) is 2.06. The third kappa shape index (κ3) is 4.39. The van der Waals surface area contributed by atoms with Gasteiger partial charge in [-0.2, -0.15) is 0 Å². The summed E-state index contributed by atoms with van der Waals surface area (Å²) in [7, 11) is 0. The minimum Gasteiger partial charge on any atom is -0.491 e. The van der Waals surface area contributed by atoms with E-state index in [0.717, 1.165) is 6.42 Å². The maximum atomic E-state index is 13.0. The van der Waals surface area contributed by atoms with E-state index >= 15 is 0 Å². The topological polar surface area (TPSA) is 50.4 Å². The molecule has 2 atom stereocenters. The quantitative estimate of drug-likeness (QED) is 0.879. The molecular formula is C15H20F2N2O2. The number of carbonyl (C=O) groups excluding carboxylic acids is 1. The Morgan fingerprint density at radius 1 is 1.48 bits per heavy atom. The second-order valence-electron chi connectivity index (χ2n) is 5.34. The molecule has 0 radical (unpaired) electrons. The summed E-state index contributed by atoms with van der Waals surface area (Å²) in [5.74, 6) is -2.54. The van der Waals surface area contributed by atoms with E-state index in [4.69, 9.17) is 4.74 Å². The number of hydrogen-bond donors (Lipinski definition) is 2. The molecule has 0 aliphatic carbocycles. The fraction of sp³-hybridized carbons (Fsp3) is 0.533. The molecule has 2 unspecified atom stereocenters. The molecule has 1 saturated heterocycles. The van der Waals surface area contributed by atoms with E-state index in [1.807, 2.05) is 13.8 Å². The number of anilines is 1. The third-order valence-electron chi connectivity index (χ3n) is 3.46. The Morgan fingerprint density at radius 2 is 2.14 bits per heavy atom. The van der Waals surface area contributed by atoms with E-state index in [2.05, 4.69) is 10.6 Å². The van der Waals surface area contributed by atoms with Crippen LogP contribution in [0.4, 0.5) is 14.5 Å². The lowest BCUT2D eigenvalue weighted by atomic mass is 10.2.